The van der Waals surface area contributed by atoms with Gasteiger partial charge >= 0.3 is 17.9 Å². The molecule has 0 fully saturated rings. The van der Waals surface area contributed by atoms with Crippen molar-refractivity contribution >= 4 is 17.9 Å². The number of hydrogen-bond acceptors (Lipinski definition) is 6. The third kappa shape index (κ3) is 50.4. The number of rotatable bonds is 50. The number of esters is 3. The lowest BCUT2D eigenvalue weighted by molar-refractivity contribution is -0.167. The lowest BCUT2D eigenvalue weighted by atomic mass is 10.0. The van der Waals surface area contributed by atoms with Gasteiger partial charge in [0.05, 0.1) is 0 Å². The van der Waals surface area contributed by atoms with Crippen LogP contribution in [0.2, 0.25) is 0 Å². The van der Waals surface area contributed by atoms with E-state index in [1.807, 2.05) is 0 Å². The fourth-order valence-corrected chi connectivity index (χ4v) is 7.86. The maximum absolute atomic E-state index is 12.8. The van der Waals surface area contributed by atoms with Crippen LogP contribution >= 0.6 is 0 Å². The van der Waals surface area contributed by atoms with E-state index in [4.69, 9.17) is 14.2 Å². The van der Waals surface area contributed by atoms with Gasteiger partial charge < -0.3 is 14.2 Å². The maximum atomic E-state index is 12.8. The number of allylic oxidation sites excluding steroid dienone is 8. The lowest BCUT2D eigenvalue weighted by Gasteiger charge is -2.18. The minimum Gasteiger partial charge on any atom is -0.462 e. The van der Waals surface area contributed by atoms with Crippen molar-refractivity contribution in [2.75, 3.05) is 13.2 Å². The molecular weight excluding hydrogens is 793 g/mol. The SMILES string of the molecule is CCCCCC/C=C\CCCCCCCC(=O)OC(COC(=O)CCCCCCCC/C=C\C/C=C\C/C=C\CCCCCCC)COC(=O)CCCCCCCCCCCCCC. The van der Waals surface area contributed by atoms with Crippen molar-refractivity contribution in [1.29, 1.82) is 0 Å². The van der Waals surface area contributed by atoms with Crippen LogP contribution in [0.3, 0.4) is 0 Å². The largest absolute Gasteiger partial charge is 0.462 e. The Bertz CT molecular complexity index is 1120. The van der Waals surface area contributed by atoms with E-state index in [0.29, 0.717) is 19.3 Å². The van der Waals surface area contributed by atoms with Crippen LogP contribution in [0.4, 0.5) is 0 Å². The first kappa shape index (κ1) is 61.4. The van der Waals surface area contributed by atoms with Crippen molar-refractivity contribution in [2.24, 2.45) is 0 Å². The summed E-state index contributed by atoms with van der Waals surface area (Å²) in [7, 11) is 0. The molecule has 0 aliphatic carbocycles. The Balaban J connectivity index is 4.34. The second kappa shape index (κ2) is 53.0. The van der Waals surface area contributed by atoms with Crippen LogP contribution in [0.25, 0.3) is 0 Å². The minimum absolute atomic E-state index is 0.0783. The van der Waals surface area contributed by atoms with Crippen molar-refractivity contribution in [2.45, 2.75) is 290 Å². The highest BCUT2D eigenvalue weighted by atomic mass is 16.6. The maximum Gasteiger partial charge on any atom is 0.306 e. The number of hydrogen-bond donors (Lipinski definition) is 0. The summed E-state index contributed by atoms with van der Waals surface area (Å²) in [5.74, 6) is -0.891. The third-order valence-corrected chi connectivity index (χ3v) is 12.1. The molecule has 1 atom stereocenters. The first-order valence-electron chi connectivity index (χ1n) is 27.6. The molecule has 0 rings (SSSR count). The molecule has 0 aromatic heterocycles. The normalized spacial score (nSPS) is 12.4. The van der Waals surface area contributed by atoms with Crippen LogP contribution in [0.5, 0.6) is 0 Å². The molecule has 0 bridgehead atoms. The molecule has 0 aromatic carbocycles. The fraction of sp³-hybridized carbons (Fsp3) is 0.810. The van der Waals surface area contributed by atoms with Gasteiger partial charge in [-0.1, -0.05) is 230 Å². The van der Waals surface area contributed by atoms with Gasteiger partial charge in [0.15, 0.2) is 6.10 Å². The Morgan fingerprint density at radius 2 is 0.562 bits per heavy atom. The summed E-state index contributed by atoms with van der Waals surface area (Å²) in [6.45, 7) is 6.61. The van der Waals surface area contributed by atoms with Gasteiger partial charge in [-0.2, -0.15) is 0 Å². The highest BCUT2D eigenvalue weighted by Gasteiger charge is 2.19. The van der Waals surface area contributed by atoms with E-state index in [1.165, 1.54) is 154 Å². The van der Waals surface area contributed by atoms with Gasteiger partial charge in [-0.15, -0.1) is 0 Å². The number of carbonyl (C=O) groups excluding carboxylic acids is 3. The summed E-state index contributed by atoms with van der Waals surface area (Å²) in [4.78, 5) is 38.0. The average Bonchev–Trinajstić information content (AvgIpc) is 3.29. The second-order valence-corrected chi connectivity index (χ2v) is 18.5. The standard InChI is InChI=1S/C58H104O6/c1-4-7-10-13-16-19-22-25-26-27-28-29-30-31-32-34-36-39-42-45-48-51-57(60)63-54-55(53-62-56(59)50-47-44-41-38-35-24-21-18-15-12-9-6-3)64-58(61)52-49-46-43-40-37-33-23-20-17-14-11-8-5-2/h20,22-23,25,27-28,30-31,55H,4-19,21,24,26,29,32-54H2,1-3H3/b23-20-,25-22-,28-27-,31-30-. The summed E-state index contributed by atoms with van der Waals surface area (Å²) in [6.07, 6.45) is 63.8. The van der Waals surface area contributed by atoms with Gasteiger partial charge in [0.25, 0.3) is 0 Å². The van der Waals surface area contributed by atoms with Gasteiger partial charge in [0, 0.05) is 19.3 Å². The van der Waals surface area contributed by atoms with Crippen LogP contribution in [0.15, 0.2) is 48.6 Å². The molecule has 0 heterocycles. The fourth-order valence-electron chi connectivity index (χ4n) is 7.86. The first-order chi connectivity index (χ1) is 31.5. The van der Waals surface area contributed by atoms with Crippen molar-refractivity contribution in [1.82, 2.24) is 0 Å². The minimum atomic E-state index is -0.780. The topological polar surface area (TPSA) is 78.9 Å². The second-order valence-electron chi connectivity index (χ2n) is 18.5. The Labute approximate surface area is 397 Å². The zero-order valence-electron chi connectivity index (χ0n) is 42.6. The molecule has 0 spiro atoms. The highest BCUT2D eigenvalue weighted by molar-refractivity contribution is 5.71. The molecule has 0 saturated heterocycles. The van der Waals surface area contributed by atoms with Gasteiger partial charge in [-0.3, -0.25) is 14.4 Å². The molecule has 0 saturated carbocycles. The van der Waals surface area contributed by atoms with E-state index in [0.717, 1.165) is 89.9 Å². The number of ether oxygens (including phenoxy) is 3. The van der Waals surface area contributed by atoms with Crippen LogP contribution < -0.4 is 0 Å². The molecule has 0 N–H and O–H groups in total. The van der Waals surface area contributed by atoms with Gasteiger partial charge in [-0.25, -0.2) is 0 Å². The molecule has 0 radical (unpaired) electrons. The molecule has 0 amide bonds. The van der Waals surface area contributed by atoms with Crippen molar-refractivity contribution < 1.29 is 28.6 Å². The van der Waals surface area contributed by atoms with E-state index in [9.17, 15) is 14.4 Å². The van der Waals surface area contributed by atoms with Crippen LogP contribution in [-0.4, -0.2) is 37.2 Å². The Hall–Kier alpha value is -2.63. The molecule has 6 nitrogen and oxygen atoms in total. The first-order valence-corrected chi connectivity index (χ1v) is 27.6. The molecule has 1 unspecified atom stereocenters. The number of carbonyl (C=O) groups is 3. The molecule has 0 aliphatic heterocycles. The van der Waals surface area contributed by atoms with Crippen LogP contribution in [0.1, 0.15) is 284 Å². The third-order valence-electron chi connectivity index (χ3n) is 12.1. The van der Waals surface area contributed by atoms with Crippen molar-refractivity contribution in [3.8, 4) is 0 Å². The quantitative estimate of drug-likeness (QED) is 0.0262. The summed E-state index contributed by atoms with van der Waals surface area (Å²) in [6, 6.07) is 0. The number of unbranched alkanes of at least 4 members (excludes halogenated alkanes) is 31. The Morgan fingerprint density at radius 1 is 0.312 bits per heavy atom. The van der Waals surface area contributed by atoms with Crippen molar-refractivity contribution in [3.05, 3.63) is 48.6 Å². The van der Waals surface area contributed by atoms with Crippen LogP contribution in [-0.2, 0) is 28.6 Å². The average molecular weight is 897 g/mol. The van der Waals surface area contributed by atoms with E-state index in [2.05, 4.69) is 69.4 Å². The molecule has 0 aliphatic rings. The Morgan fingerprint density at radius 3 is 0.906 bits per heavy atom. The molecule has 64 heavy (non-hydrogen) atoms. The van der Waals surface area contributed by atoms with E-state index >= 15 is 0 Å². The molecule has 372 valence electrons. The van der Waals surface area contributed by atoms with Gasteiger partial charge in [0.2, 0.25) is 0 Å². The molecule has 0 aromatic rings. The lowest BCUT2D eigenvalue weighted by Crippen LogP contribution is -2.30. The summed E-state index contributed by atoms with van der Waals surface area (Å²) < 4.78 is 16.8. The van der Waals surface area contributed by atoms with Gasteiger partial charge in [-0.05, 0) is 83.5 Å². The van der Waals surface area contributed by atoms with E-state index in [1.54, 1.807) is 0 Å². The van der Waals surface area contributed by atoms with Crippen molar-refractivity contribution in [3.63, 3.8) is 0 Å². The predicted molar refractivity (Wildman–Crippen MR) is 275 cm³/mol. The van der Waals surface area contributed by atoms with E-state index < -0.39 is 6.10 Å². The monoisotopic (exact) mass is 897 g/mol. The summed E-state index contributed by atoms with van der Waals surface area (Å²) in [5.41, 5.74) is 0. The summed E-state index contributed by atoms with van der Waals surface area (Å²) in [5, 5.41) is 0. The smallest absolute Gasteiger partial charge is 0.306 e. The highest BCUT2D eigenvalue weighted by Crippen LogP contribution is 2.15. The van der Waals surface area contributed by atoms with Gasteiger partial charge in [0.1, 0.15) is 13.2 Å². The predicted octanol–water partition coefficient (Wildman–Crippen LogP) is 18.3. The zero-order valence-corrected chi connectivity index (χ0v) is 42.6. The van der Waals surface area contributed by atoms with Crippen LogP contribution in [0, 0.1) is 0 Å². The Kier molecular flexibility index (Phi) is 50.8. The zero-order chi connectivity index (χ0) is 46.5. The molecule has 6 heteroatoms. The summed E-state index contributed by atoms with van der Waals surface area (Å²) >= 11 is 0. The molecular formula is C58H104O6. The van der Waals surface area contributed by atoms with E-state index in [-0.39, 0.29) is 31.1 Å².